The number of nitrogens with zero attached hydrogens (tertiary/aromatic N) is 2. The zero-order valence-electron chi connectivity index (χ0n) is 19.1. The van der Waals surface area contributed by atoms with Crippen molar-refractivity contribution in [3.63, 3.8) is 0 Å². The second kappa shape index (κ2) is 8.16. The van der Waals surface area contributed by atoms with E-state index in [4.69, 9.17) is 8.83 Å². The molecule has 166 valence electrons. The number of para-hydroxylation sites is 2. The molecule has 0 aliphatic rings. The predicted molar refractivity (Wildman–Crippen MR) is 135 cm³/mol. The molecule has 0 spiro atoms. The molecule has 4 aromatic heterocycles. The molecular weight excluding hydrogens is 420 g/mol. The van der Waals surface area contributed by atoms with Crippen molar-refractivity contribution in [3.8, 4) is 45.4 Å². The lowest BCUT2D eigenvalue weighted by Crippen LogP contribution is -1.94. The molecule has 0 saturated carbocycles. The molecule has 0 unspecified atom stereocenters. The van der Waals surface area contributed by atoms with E-state index in [9.17, 15) is 0 Å². The van der Waals surface area contributed by atoms with Crippen LogP contribution in [-0.2, 0) is 0 Å². The van der Waals surface area contributed by atoms with Crippen molar-refractivity contribution >= 4 is 0 Å². The van der Waals surface area contributed by atoms with Crippen LogP contribution in [0.2, 0.25) is 0 Å². The van der Waals surface area contributed by atoms with Gasteiger partial charge in [-0.25, -0.2) is 0 Å². The van der Waals surface area contributed by atoms with E-state index in [2.05, 4.69) is 83.9 Å². The first kappa shape index (κ1) is 20.2. The van der Waals surface area contributed by atoms with Crippen LogP contribution in [0.15, 0.2) is 119 Å². The summed E-state index contributed by atoms with van der Waals surface area (Å²) >= 11 is 0. The zero-order valence-corrected chi connectivity index (χ0v) is 19.1. The summed E-state index contributed by atoms with van der Waals surface area (Å²) in [6, 6.07) is 28.7. The average molecular weight is 445 g/mol. The maximum absolute atomic E-state index is 5.86. The lowest BCUT2D eigenvalue weighted by Gasteiger charge is -2.08. The molecule has 6 rings (SSSR count). The largest absolute Gasteiger partial charge is 0.463 e. The lowest BCUT2D eigenvalue weighted by atomic mass is 10.0. The van der Waals surface area contributed by atoms with Crippen molar-refractivity contribution in [2.75, 3.05) is 0 Å². The molecule has 0 aliphatic carbocycles. The molecule has 2 aromatic carbocycles. The van der Waals surface area contributed by atoms with E-state index in [1.807, 2.05) is 36.4 Å². The third-order valence-corrected chi connectivity index (χ3v) is 6.38. The van der Waals surface area contributed by atoms with Crippen molar-refractivity contribution < 1.29 is 8.83 Å². The molecule has 6 aromatic rings. The summed E-state index contributed by atoms with van der Waals surface area (Å²) in [6.45, 7) is 4.33. The Morgan fingerprint density at radius 3 is 1.26 bits per heavy atom. The molecule has 0 atom stereocenters. The van der Waals surface area contributed by atoms with Crippen molar-refractivity contribution in [2.24, 2.45) is 0 Å². The highest BCUT2D eigenvalue weighted by molar-refractivity contribution is 5.83. The molecule has 0 amide bonds. The van der Waals surface area contributed by atoms with E-state index in [0.717, 1.165) is 56.5 Å². The average Bonchev–Trinajstić information content (AvgIpc) is 3.67. The number of hydrogen-bond donors (Lipinski definition) is 0. The first-order valence-corrected chi connectivity index (χ1v) is 11.3. The van der Waals surface area contributed by atoms with Crippen molar-refractivity contribution in [1.82, 2.24) is 9.13 Å². The van der Waals surface area contributed by atoms with E-state index in [1.54, 1.807) is 12.5 Å². The Morgan fingerprint density at radius 2 is 0.912 bits per heavy atom. The topological polar surface area (TPSA) is 36.1 Å². The van der Waals surface area contributed by atoms with Crippen LogP contribution in [0.4, 0.5) is 0 Å². The monoisotopic (exact) mass is 444 g/mol. The molecule has 0 aliphatic heterocycles. The van der Waals surface area contributed by atoms with Crippen LogP contribution in [0, 0.1) is 13.8 Å². The molecule has 34 heavy (non-hydrogen) atoms. The fourth-order valence-corrected chi connectivity index (χ4v) is 4.76. The van der Waals surface area contributed by atoms with Crippen molar-refractivity contribution in [1.29, 1.82) is 0 Å². The first-order valence-electron chi connectivity index (χ1n) is 11.3. The Balaban J connectivity index is 1.62. The maximum Gasteiger partial charge on any atom is 0.150 e. The molecule has 0 fully saturated rings. The fourth-order valence-electron chi connectivity index (χ4n) is 4.76. The van der Waals surface area contributed by atoms with E-state index >= 15 is 0 Å². The van der Waals surface area contributed by atoms with Gasteiger partial charge in [-0.2, -0.15) is 0 Å². The number of aromatic nitrogens is 2. The summed E-state index contributed by atoms with van der Waals surface area (Å²) < 4.78 is 16.2. The second-order valence-electron chi connectivity index (χ2n) is 8.40. The summed E-state index contributed by atoms with van der Waals surface area (Å²) in [6.07, 6.45) is 7.88. The van der Waals surface area contributed by atoms with Gasteiger partial charge in [-0.15, -0.1) is 0 Å². The Kier molecular flexibility index (Phi) is 4.84. The van der Waals surface area contributed by atoms with Crippen molar-refractivity contribution in [2.45, 2.75) is 13.8 Å². The Morgan fingerprint density at radius 1 is 0.500 bits per heavy atom. The predicted octanol–water partition coefficient (Wildman–Crippen LogP) is 8.07. The van der Waals surface area contributed by atoms with Crippen LogP contribution in [0.1, 0.15) is 11.1 Å². The minimum Gasteiger partial charge on any atom is -0.463 e. The summed E-state index contributed by atoms with van der Waals surface area (Å²) in [5.74, 6) is 1.69. The Labute approximate surface area is 198 Å². The number of hydrogen-bond acceptors (Lipinski definition) is 2. The van der Waals surface area contributed by atoms with E-state index in [1.165, 1.54) is 0 Å². The summed E-state index contributed by atoms with van der Waals surface area (Å²) in [7, 11) is 0. The van der Waals surface area contributed by atoms with Gasteiger partial charge in [0.15, 0.2) is 11.5 Å². The van der Waals surface area contributed by atoms with Crippen LogP contribution in [-0.4, -0.2) is 9.13 Å². The van der Waals surface area contributed by atoms with Crippen LogP contribution in [0.5, 0.6) is 0 Å². The van der Waals surface area contributed by atoms with Crippen LogP contribution in [0.3, 0.4) is 0 Å². The van der Waals surface area contributed by atoms with Gasteiger partial charge in [0.05, 0.1) is 23.9 Å². The Bertz CT molecular complexity index is 1420. The minimum absolute atomic E-state index is 0.846. The van der Waals surface area contributed by atoms with Crippen LogP contribution in [0.25, 0.3) is 45.4 Å². The number of rotatable bonds is 5. The van der Waals surface area contributed by atoms with Gasteiger partial charge in [-0.1, -0.05) is 36.4 Å². The molecule has 4 heteroatoms. The maximum atomic E-state index is 5.86. The van der Waals surface area contributed by atoms with Crippen LogP contribution >= 0.6 is 0 Å². The van der Waals surface area contributed by atoms with Gasteiger partial charge in [0, 0.05) is 34.9 Å². The second-order valence-corrected chi connectivity index (χ2v) is 8.40. The third-order valence-electron chi connectivity index (χ3n) is 6.38. The minimum atomic E-state index is 0.846. The molecule has 4 heterocycles. The normalized spacial score (nSPS) is 11.2. The van der Waals surface area contributed by atoms with Gasteiger partial charge < -0.3 is 18.0 Å². The SMILES string of the molecule is Cc1c(-c2cn(-c3ccccc3)c(-c3ccco3)c2C)cn(-c2ccccc2)c1-c1ccco1. The number of furan rings is 2. The molecular formula is C30H24N2O2. The van der Waals surface area contributed by atoms with E-state index < -0.39 is 0 Å². The lowest BCUT2D eigenvalue weighted by molar-refractivity contribution is 0.578. The zero-order chi connectivity index (χ0) is 23.1. The molecule has 0 bridgehead atoms. The van der Waals surface area contributed by atoms with Gasteiger partial charge in [-0.05, 0) is 73.5 Å². The Hall–Kier alpha value is -4.44. The molecule has 0 radical (unpaired) electrons. The summed E-state index contributed by atoms with van der Waals surface area (Å²) in [4.78, 5) is 0. The summed E-state index contributed by atoms with van der Waals surface area (Å²) in [5, 5.41) is 0. The van der Waals surface area contributed by atoms with E-state index in [0.29, 0.717) is 0 Å². The first-order chi connectivity index (χ1) is 16.7. The van der Waals surface area contributed by atoms with Gasteiger partial charge in [-0.3, -0.25) is 0 Å². The quantitative estimate of drug-likeness (QED) is 0.269. The fraction of sp³-hybridized carbons (Fsp3) is 0.0667. The van der Waals surface area contributed by atoms with Crippen molar-refractivity contribution in [3.05, 3.63) is 121 Å². The van der Waals surface area contributed by atoms with Gasteiger partial charge >= 0.3 is 0 Å². The van der Waals surface area contributed by atoms with Crippen LogP contribution < -0.4 is 0 Å². The smallest absolute Gasteiger partial charge is 0.150 e. The highest BCUT2D eigenvalue weighted by atomic mass is 16.3. The standard InChI is InChI=1S/C30H24N2O2/c1-21-25(19-31(23-11-5-3-6-12-23)29(21)27-15-9-17-33-27)26-20-32(24-13-7-4-8-14-24)30(22(26)2)28-16-10-18-34-28/h3-20H,1-2H3. The highest BCUT2D eigenvalue weighted by Gasteiger charge is 2.24. The summed E-state index contributed by atoms with van der Waals surface area (Å²) in [5.41, 5.74) is 8.95. The highest BCUT2D eigenvalue weighted by Crippen LogP contribution is 2.41. The molecule has 0 N–H and O–H groups in total. The third kappa shape index (κ3) is 3.23. The molecule has 4 nitrogen and oxygen atoms in total. The van der Waals surface area contributed by atoms with Gasteiger partial charge in [0.1, 0.15) is 0 Å². The van der Waals surface area contributed by atoms with Gasteiger partial charge in [0.2, 0.25) is 0 Å². The van der Waals surface area contributed by atoms with E-state index in [-0.39, 0.29) is 0 Å². The molecule has 0 saturated heterocycles. The number of benzene rings is 2. The van der Waals surface area contributed by atoms with Gasteiger partial charge in [0.25, 0.3) is 0 Å².